The average molecular weight is 608 g/mol. The number of anilines is 1. The van der Waals surface area contributed by atoms with Crippen molar-refractivity contribution in [2.75, 3.05) is 17.2 Å². The fraction of sp³-hybridized carbons (Fsp3) is 0.176. The summed E-state index contributed by atoms with van der Waals surface area (Å²) in [5.74, 6) is 0.264. The molecule has 9 heteroatoms. The highest BCUT2D eigenvalue weighted by Gasteiger charge is 2.38. The summed E-state index contributed by atoms with van der Waals surface area (Å²) in [7, 11) is 0. The number of rotatable bonds is 7. The second kappa shape index (κ2) is 12.5. The first-order valence-corrected chi connectivity index (χ1v) is 15.4. The standard InChI is InChI=1S/C34H30ClN5O2S/c1-22-11-10-17-28(23(22)2)40-34-31(32(38-40)24-12-4-3-5-13-24)33(26-15-6-7-16-27(26)35)43-21-30(42)39(34)20-29(41)37-19-25-14-8-9-18-36-25/h3-18,33H,19-21H2,1-2H3,(H,37,41). The maximum Gasteiger partial charge on any atom is 0.240 e. The molecule has 1 atom stereocenters. The molecule has 6 rings (SSSR count). The molecule has 3 aromatic carbocycles. The maximum atomic E-state index is 14.0. The zero-order chi connectivity index (χ0) is 29.9. The lowest BCUT2D eigenvalue weighted by Crippen LogP contribution is -2.42. The van der Waals surface area contributed by atoms with Crippen LogP contribution in [0.1, 0.15) is 33.2 Å². The third-order valence-electron chi connectivity index (χ3n) is 7.62. The second-order valence-corrected chi connectivity index (χ2v) is 11.9. The molecule has 2 amide bonds. The van der Waals surface area contributed by atoms with Gasteiger partial charge in [-0.3, -0.25) is 19.5 Å². The van der Waals surface area contributed by atoms with Crippen LogP contribution in [0.5, 0.6) is 0 Å². The van der Waals surface area contributed by atoms with E-state index in [2.05, 4.69) is 23.3 Å². The topological polar surface area (TPSA) is 80.1 Å². The predicted molar refractivity (Wildman–Crippen MR) is 173 cm³/mol. The number of nitrogens with one attached hydrogen (secondary N) is 1. The molecule has 3 heterocycles. The first-order chi connectivity index (χ1) is 20.9. The lowest BCUT2D eigenvalue weighted by molar-refractivity contribution is -0.123. The van der Waals surface area contributed by atoms with Gasteiger partial charge >= 0.3 is 0 Å². The Morgan fingerprint density at radius 2 is 1.74 bits per heavy atom. The highest BCUT2D eigenvalue weighted by Crippen LogP contribution is 2.50. The van der Waals surface area contributed by atoms with E-state index >= 15 is 0 Å². The number of fused-ring (bicyclic) bond motifs is 1. The number of carbonyl (C=O) groups is 2. The number of benzene rings is 3. The third kappa shape index (κ3) is 5.81. The van der Waals surface area contributed by atoms with E-state index in [-0.39, 0.29) is 35.9 Å². The molecule has 0 saturated heterocycles. The largest absolute Gasteiger partial charge is 0.349 e. The van der Waals surface area contributed by atoms with Gasteiger partial charge in [-0.2, -0.15) is 5.10 Å². The minimum absolute atomic E-state index is 0.166. The van der Waals surface area contributed by atoms with Crippen LogP contribution in [-0.2, 0) is 16.1 Å². The number of nitrogens with zero attached hydrogens (tertiary/aromatic N) is 4. The van der Waals surface area contributed by atoms with Gasteiger partial charge in [0, 0.05) is 22.3 Å². The Bertz CT molecular complexity index is 1790. The lowest BCUT2D eigenvalue weighted by Gasteiger charge is -2.24. The van der Waals surface area contributed by atoms with Crippen LogP contribution < -0.4 is 10.2 Å². The number of pyridine rings is 1. The van der Waals surface area contributed by atoms with Crippen LogP contribution in [0.2, 0.25) is 5.02 Å². The fourth-order valence-corrected chi connectivity index (χ4v) is 6.83. The molecule has 43 heavy (non-hydrogen) atoms. The van der Waals surface area contributed by atoms with Crippen molar-refractivity contribution in [1.82, 2.24) is 20.1 Å². The van der Waals surface area contributed by atoms with E-state index in [1.807, 2.05) is 96.5 Å². The first-order valence-electron chi connectivity index (χ1n) is 14.0. The molecule has 0 radical (unpaired) electrons. The van der Waals surface area contributed by atoms with Crippen LogP contribution in [0, 0.1) is 13.8 Å². The molecule has 0 spiro atoms. The molecule has 2 aromatic heterocycles. The molecule has 0 fully saturated rings. The number of aryl methyl sites for hydroxylation is 1. The minimum atomic E-state index is -0.302. The SMILES string of the molecule is Cc1cccc(-n2nc(-c3ccccc3)c3c2N(CC(=O)NCc2ccccn2)C(=O)CSC3c2ccccc2Cl)c1C. The Morgan fingerprint density at radius 1 is 0.977 bits per heavy atom. The summed E-state index contributed by atoms with van der Waals surface area (Å²) >= 11 is 8.29. The van der Waals surface area contributed by atoms with Crippen molar-refractivity contribution in [2.24, 2.45) is 0 Å². The van der Waals surface area contributed by atoms with Gasteiger partial charge in [0.2, 0.25) is 11.8 Å². The van der Waals surface area contributed by atoms with Crippen LogP contribution in [0.3, 0.4) is 0 Å². The predicted octanol–water partition coefficient (Wildman–Crippen LogP) is 6.69. The van der Waals surface area contributed by atoms with Crippen molar-refractivity contribution in [3.8, 4) is 16.9 Å². The van der Waals surface area contributed by atoms with Crippen molar-refractivity contribution >= 4 is 41.0 Å². The summed E-state index contributed by atoms with van der Waals surface area (Å²) < 4.78 is 1.83. The summed E-state index contributed by atoms with van der Waals surface area (Å²) in [6, 6.07) is 29.2. The summed E-state index contributed by atoms with van der Waals surface area (Å²) in [5, 5.41) is 8.43. The van der Waals surface area contributed by atoms with Gasteiger partial charge in [-0.1, -0.05) is 78.3 Å². The Hall–Kier alpha value is -4.40. The number of thioether (sulfide) groups is 1. The van der Waals surface area contributed by atoms with Crippen molar-refractivity contribution in [3.05, 3.63) is 130 Å². The highest BCUT2D eigenvalue weighted by atomic mass is 35.5. The van der Waals surface area contributed by atoms with E-state index in [0.717, 1.165) is 44.9 Å². The number of hydrogen-bond acceptors (Lipinski definition) is 5. The summed E-state index contributed by atoms with van der Waals surface area (Å²) in [6.45, 7) is 4.19. The number of halogens is 1. The van der Waals surface area contributed by atoms with Crippen LogP contribution >= 0.6 is 23.4 Å². The first kappa shape index (κ1) is 28.7. The molecule has 216 valence electrons. The van der Waals surface area contributed by atoms with E-state index in [1.54, 1.807) is 11.1 Å². The van der Waals surface area contributed by atoms with Gasteiger partial charge in [-0.05, 0) is 54.8 Å². The van der Waals surface area contributed by atoms with Crippen molar-refractivity contribution in [1.29, 1.82) is 0 Å². The molecule has 0 saturated carbocycles. The Balaban J connectivity index is 1.55. The van der Waals surface area contributed by atoms with E-state index in [9.17, 15) is 9.59 Å². The van der Waals surface area contributed by atoms with Gasteiger partial charge in [0.05, 0.1) is 34.6 Å². The van der Waals surface area contributed by atoms with Gasteiger partial charge in [-0.25, -0.2) is 4.68 Å². The Morgan fingerprint density at radius 3 is 2.51 bits per heavy atom. The third-order valence-corrected chi connectivity index (χ3v) is 9.20. The number of amides is 2. The summed E-state index contributed by atoms with van der Waals surface area (Å²) in [5.41, 5.74) is 7.09. The quantitative estimate of drug-likeness (QED) is 0.223. The van der Waals surface area contributed by atoms with Gasteiger partial charge in [-0.15, -0.1) is 11.8 Å². The Labute approximate surface area is 259 Å². The smallest absolute Gasteiger partial charge is 0.240 e. The molecular formula is C34H30ClN5O2S. The van der Waals surface area contributed by atoms with Crippen molar-refractivity contribution in [2.45, 2.75) is 25.6 Å². The van der Waals surface area contributed by atoms with Gasteiger partial charge in [0.25, 0.3) is 0 Å². The van der Waals surface area contributed by atoms with Crippen LogP contribution in [0.4, 0.5) is 5.82 Å². The number of aromatic nitrogens is 3. The molecule has 5 aromatic rings. The van der Waals surface area contributed by atoms with Gasteiger partial charge in [0.15, 0.2) is 0 Å². The molecule has 1 aliphatic heterocycles. The molecular weight excluding hydrogens is 578 g/mol. The summed E-state index contributed by atoms with van der Waals surface area (Å²) in [4.78, 5) is 33.3. The van der Waals surface area contributed by atoms with Crippen molar-refractivity contribution < 1.29 is 9.59 Å². The molecule has 0 aliphatic carbocycles. The normalized spacial score (nSPS) is 14.7. The monoisotopic (exact) mass is 607 g/mol. The molecule has 0 bridgehead atoms. The van der Waals surface area contributed by atoms with E-state index in [4.69, 9.17) is 16.7 Å². The van der Waals surface area contributed by atoms with E-state index < -0.39 is 0 Å². The fourth-order valence-electron chi connectivity index (χ4n) is 5.29. The van der Waals surface area contributed by atoms with Crippen LogP contribution in [0.25, 0.3) is 16.9 Å². The van der Waals surface area contributed by atoms with Crippen molar-refractivity contribution in [3.63, 3.8) is 0 Å². The number of hydrogen-bond donors (Lipinski definition) is 1. The summed E-state index contributed by atoms with van der Waals surface area (Å²) in [6.07, 6.45) is 1.69. The average Bonchev–Trinajstić information content (AvgIpc) is 3.35. The Kier molecular flexibility index (Phi) is 8.31. The number of carbonyl (C=O) groups excluding carboxylic acids is 2. The van der Waals surface area contributed by atoms with Gasteiger partial charge < -0.3 is 5.32 Å². The van der Waals surface area contributed by atoms with Crippen LogP contribution in [0.15, 0.2) is 97.2 Å². The van der Waals surface area contributed by atoms with Gasteiger partial charge in [0.1, 0.15) is 12.4 Å². The lowest BCUT2D eigenvalue weighted by atomic mass is 9.99. The second-order valence-electron chi connectivity index (χ2n) is 10.4. The maximum absolute atomic E-state index is 14.0. The van der Waals surface area contributed by atoms with E-state index in [0.29, 0.717) is 10.8 Å². The molecule has 1 aliphatic rings. The molecule has 7 nitrogen and oxygen atoms in total. The molecule has 1 unspecified atom stereocenters. The minimum Gasteiger partial charge on any atom is -0.349 e. The zero-order valence-electron chi connectivity index (χ0n) is 23.8. The molecule has 1 N–H and O–H groups in total. The van der Waals surface area contributed by atoms with E-state index in [1.165, 1.54) is 11.8 Å². The van der Waals surface area contributed by atoms with Crippen LogP contribution in [-0.4, -0.2) is 38.9 Å². The highest BCUT2D eigenvalue weighted by molar-refractivity contribution is 8.00. The zero-order valence-corrected chi connectivity index (χ0v) is 25.4.